The van der Waals surface area contributed by atoms with Crippen LogP contribution in [-0.4, -0.2) is 28.0 Å². The van der Waals surface area contributed by atoms with Crippen LogP contribution < -0.4 is 5.32 Å². The Morgan fingerprint density at radius 1 is 1.27 bits per heavy atom. The smallest absolute Gasteiger partial charge is 0.326 e. The Hall–Kier alpha value is -2.43. The van der Waals surface area contributed by atoms with Gasteiger partial charge in [-0.1, -0.05) is 38.5 Å². The fourth-order valence-corrected chi connectivity index (χ4v) is 2.33. The van der Waals surface area contributed by atoms with E-state index < -0.39 is 17.9 Å². The lowest BCUT2D eigenvalue weighted by molar-refractivity contribution is -0.140. The van der Waals surface area contributed by atoms with Crippen LogP contribution in [0.15, 0.2) is 30.3 Å². The van der Waals surface area contributed by atoms with Crippen molar-refractivity contribution in [2.75, 3.05) is 0 Å². The third-order valence-corrected chi connectivity index (χ3v) is 3.87. The van der Waals surface area contributed by atoms with Crippen LogP contribution in [0.25, 0.3) is 10.9 Å². The lowest BCUT2D eigenvalue weighted by Gasteiger charge is -2.20. The van der Waals surface area contributed by atoms with Gasteiger partial charge in [0.2, 0.25) is 0 Å². The van der Waals surface area contributed by atoms with Crippen molar-refractivity contribution in [3.05, 3.63) is 41.6 Å². The molecule has 0 aliphatic carbocycles. The molecule has 0 aliphatic heterocycles. The predicted molar refractivity (Wildman–Crippen MR) is 84.8 cm³/mol. The highest BCUT2D eigenvalue weighted by Crippen LogP contribution is 2.18. The van der Waals surface area contributed by atoms with Gasteiger partial charge in [-0.3, -0.25) is 9.78 Å². The number of amides is 1. The van der Waals surface area contributed by atoms with Crippen LogP contribution in [0, 0.1) is 12.8 Å². The van der Waals surface area contributed by atoms with Crippen LogP contribution >= 0.6 is 0 Å². The van der Waals surface area contributed by atoms with Gasteiger partial charge in [0.25, 0.3) is 5.91 Å². The average Bonchev–Trinajstić information content (AvgIpc) is 2.50. The van der Waals surface area contributed by atoms with Gasteiger partial charge in [0.05, 0.1) is 11.1 Å². The number of benzene rings is 1. The fourth-order valence-electron chi connectivity index (χ4n) is 2.33. The monoisotopic (exact) mass is 300 g/mol. The van der Waals surface area contributed by atoms with Gasteiger partial charge in [-0.15, -0.1) is 0 Å². The first kappa shape index (κ1) is 15.9. The molecule has 1 aromatic carbocycles. The van der Waals surface area contributed by atoms with Crippen molar-refractivity contribution in [2.45, 2.75) is 33.2 Å². The number of carbonyl (C=O) groups is 2. The highest BCUT2D eigenvalue weighted by molar-refractivity contribution is 6.06. The normalized spacial score (nSPS) is 13.6. The third kappa shape index (κ3) is 3.24. The summed E-state index contributed by atoms with van der Waals surface area (Å²) >= 11 is 0. The van der Waals surface area contributed by atoms with Gasteiger partial charge >= 0.3 is 5.97 Å². The topological polar surface area (TPSA) is 79.3 Å². The molecule has 0 saturated heterocycles. The summed E-state index contributed by atoms with van der Waals surface area (Å²) in [5, 5.41) is 12.8. The van der Waals surface area contributed by atoms with E-state index in [1.54, 1.807) is 12.1 Å². The number of hydrogen-bond acceptors (Lipinski definition) is 3. The van der Waals surface area contributed by atoms with Gasteiger partial charge in [0.1, 0.15) is 6.04 Å². The van der Waals surface area contributed by atoms with E-state index in [4.69, 9.17) is 0 Å². The van der Waals surface area contributed by atoms with E-state index in [1.807, 2.05) is 39.0 Å². The Bertz CT molecular complexity index is 712. The molecule has 116 valence electrons. The zero-order valence-electron chi connectivity index (χ0n) is 13.0. The van der Waals surface area contributed by atoms with Crippen molar-refractivity contribution >= 4 is 22.8 Å². The number of rotatable bonds is 5. The maximum atomic E-state index is 12.5. The number of pyridine rings is 1. The standard InChI is InChI=1S/C17H20N2O3/c1-4-10(2)14(17(21)22)19-16(20)13-7-5-6-12-9-8-11(3)18-15(12)13/h5-10,14H,4H2,1-3H3,(H,19,20)(H,21,22)/t10-,14-/m0/s1. The SMILES string of the molecule is CC[C@H](C)[C@H](NC(=O)c1cccc2ccc(C)nc12)C(=O)O. The predicted octanol–water partition coefficient (Wildman–Crippen LogP) is 2.77. The zero-order chi connectivity index (χ0) is 16.3. The molecule has 0 radical (unpaired) electrons. The molecule has 1 heterocycles. The Balaban J connectivity index is 2.37. The van der Waals surface area contributed by atoms with E-state index in [9.17, 15) is 14.7 Å². The number of carboxylic acid groups (broad SMARTS) is 1. The lowest BCUT2D eigenvalue weighted by atomic mass is 9.98. The maximum absolute atomic E-state index is 12.5. The molecule has 2 rings (SSSR count). The van der Waals surface area contributed by atoms with Crippen molar-refractivity contribution in [3.8, 4) is 0 Å². The second kappa shape index (κ2) is 6.56. The van der Waals surface area contributed by atoms with Gasteiger partial charge in [-0.2, -0.15) is 0 Å². The Kier molecular flexibility index (Phi) is 4.75. The lowest BCUT2D eigenvalue weighted by Crippen LogP contribution is -2.45. The number of nitrogens with zero attached hydrogens (tertiary/aromatic N) is 1. The van der Waals surface area contributed by atoms with Crippen LogP contribution in [0.1, 0.15) is 36.3 Å². The van der Waals surface area contributed by atoms with Crippen LogP contribution in [0.3, 0.4) is 0 Å². The van der Waals surface area contributed by atoms with Gasteiger partial charge in [0.15, 0.2) is 0 Å². The number of aryl methyl sites for hydroxylation is 1. The largest absolute Gasteiger partial charge is 0.480 e. The van der Waals surface area contributed by atoms with E-state index >= 15 is 0 Å². The molecule has 0 fully saturated rings. The molecule has 22 heavy (non-hydrogen) atoms. The molecule has 0 bridgehead atoms. The third-order valence-electron chi connectivity index (χ3n) is 3.87. The summed E-state index contributed by atoms with van der Waals surface area (Å²) in [5.41, 5.74) is 1.80. The fraction of sp³-hybridized carbons (Fsp3) is 0.353. The van der Waals surface area contributed by atoms with Gasteiger partial charge < -0.3 is 10.4 Å². The van der Waals surface area contributed by atoms with Gasteiger partial charge in [-0.05, 0) is 25.0 Å². The minimum absolute atomic E-state index is 0.147. The van der Waals surface area contributed by atoms with Crippen LogP contribution in [0.2, 0.25) is 0 Å². The molecule has 1 amide bonds. The number of carboxylic acids is 1. The number of aromatic nitrogens is 1. The number of para-hydroxylation sites is 1. The molecule has 1 aromatic heterocycles. The molecule has 5 heteroatoms. The van der Waals surface area contributed by atoms with Crippen LogP contribution in [-0.2, 0) is 4.79 Å². The molecular formula is C17H20N2O3. The molecule has 0 unspecified atom stereocenters. The zero-order valence-corrected chi connectivity index (χ0v) is 13.0. The highest BCUT2D eigenvalue weighted by atomic mass is 16.4. The summed E-state index contributed by atoms with van der Waals surface area (Å²) < 4.78 is 0. The Morgan fingerprint density at radius 3 is 2.64 bits per heavy atom. The van der Waals surface area contributed by atoms with Crippen molar-refractivity contribution in [1.82, 2.24) is 10.3 Å². The van der Waals surface area contributed by atoms with Crippen molar-refractivity contribution < 1.29 is 14.7 Å². The number of aliphatic carboxylic acids is 1. The summed E-state index contributed by atoms with van der Waals surface area (Å²) in [5.74, 6) is -1.57. The second-order valence-corrected chi connectivity index (χ2v) is 5.50. The molecule has 0 spiro atoms. The number of nitrogens with one attached hydrogen (secondary N) is 1. The van der Waals surface area contributed by atoms with Crippen molar-refractivity contribution in [3.63, 3.8) is 0 Å². The van der Waals surface area contributed by atoms with Gasteiger partial charge in [0, 0.05) is 11.1 Å². The summed E-state index contributed by atoms with van der Waals surface area (Å²) in [6.07, 6.45) is 0.671. The molecular weight excluding hydrogens is 280 g/mol. The van der Waals surface area contributed by atoms with Crippen LogP contribution in [0.5, 0.6) is 0 Å². The first-order chi connectivity index (χ1) is 10.4. The second-order valence-electron chi connectivity index (χ2n) is 5.50. The molecule has 2 N–H and O–H groups in total. The quantitative estimate of drug-likeness (QED) is 0.890. The number of hydrogen-bond donors (Lipinski definition) is 2. The van der Waals surface area contributed by atoms with E-state index in [0.717, 1.165) is 11.1 Å². The first-order valence-corrected chi connectivity index (χ1v) is 7.34. The molecule has 0 saturated carbocycles. The first-order valence-electron chi connectivity index (χ1n) is 7.34. The average molecular weight is 300 g/mol. The van der Waals surface area contributed by atoms with Crippen LogP contribution in [0.4, 0.5) is 0 Å². The molecule has 5 nitrogen and oxygen atoms in total. The van der Waals surface area contributed by atoms with Crippen molar-refractivity contribution in [2.24, 2.45) is 5.92 Å². The van der Waals surface area contributed by atoms with E-state index in [1.165, 1.54) is 0 Å². The molecule has 2 atom stereocenters. The summed E-state index contributed by atoms with van der Waals surface area (Å²) in [6.45, 7) is 5.56. The van der Waals surface area contributed by atoms with E-state index in [0.29, 0.717) is 17.5 Å². The number of fused-ring (bicyclic) bond motifs is 1. The van der Waals surface area contributed by atoms with E-state index in [2.05, 4.69) is 10.3 Å². The van der Waals surface area contributed by atoms with E-state index in [-0.39, 0.29) is 5.92 Å². The Morgan fingerprint density at radius 2 is 2.00 bits per heavy atom. The summed E-state index contributed by atoms with van der Waals surface area (Å²) in [4.78, 5) is 28.3. The van der Waals surface area contributed by atoms with Crippen molar-refractivity contribution in [1.29, 1.82) is 0 Å². The van der Waals surface area contributed by atoms with Gasteiger partial charge in [-0.25, -0.2) is 4.79 Å². The maximum Gasteiger partial charge on any atom is 0.326 e. The minimum atomic E-state index is -1.02. The Labute approximate surface area is 129 Å². The highest BCUT2D eigenvalue weighted by Gasteiger charge is 2.26. The minimum Gasteiger partial charge on any atom is -0.480 e. The number of carbonyl (C=O) groups excluding carboxylic acids is 1. The summed E-state index contributed by atoms with van der Waals surface area (Å²) in [7, 11) is 0. The molecule has 0 aliphatic rings. The summed E-state index contributed by atoms with van der Waals surface area (Å²) in [6, 6.07) is 8.19. The molecule has 2 aromatic rings.